The molecule has 0 saturated heterocycles. The van der Waals surface area contributed by atoms with E-state index in [-0.39, 0.29) is 23.9 Å². The predicted molar refractivity (Wildman–Crippen MR) is 73.3 cm³/mol. The molecule has 0 fully saturated rings. The minimum Gasteiger partial charge on any atom is -0.355 e. The Labute approximate surface area is 111 Å². The highest BCUT2D eigenvalue weighted by molar-refractivity contribution is 5.84. The van der Waals surface area contributed by atoms with Crippen LogP contribution in [-0.4, -0.2) is 60.9 Å². The van der Waals surface area contributed by atoms with Gasteiger partial charge in [0.05, 0.1) is 0 Å². The third-order valence-corrected chi connectivity index (χ3v) is 2.60. The van der Waals surface area contributed by atoms with Gasteiger partial charge >= 0.3 is 0 Å². The van der Waals surface area contributed by atoms with Gasteiger partial charge in [0.25, 0.3) is 0 Å². The largest absolute Gasteiger partial charge is 0.355 e. The van der Waals surface area contributed by atoms with Crippen LogP contribution in [-0.2, 0) is 9.59 Å². The maximum absolute atomic E-state index is 11.7. The van der Waals surface area contributed by atoms with Gasteiger partial charge in [-0.2, -0.15) is 0 Å². The Morgan fingerprint density at radius 2 is 1.72 bits per heavy atom. The minimum absolute atomic E-state index is 0.0778. The van der Waals surface area contributed by atoms with Crippen molar-refractivity contribution in [3.8, 4) is 0 Å². The molecule has 106 valence electrons. The summed E-state index contributed by atoms with van der Waals surface area (Å²) in [5.74, 6) is -0.176. The van der Waals surface area contributed by atoms with E-state index in [9.17, 15) is 9.59 Å². The lowest BCUT2D eigenvalue weighted by molar-refractivity contribution is -0.138. The molecule has 2 amide bonds. The van der Waals surface area contributed by atoms with Crippen LogP contribution in [0.15, 0.2) is 0 Å². The van der Waals surface area contributed by atoms with Gasteiger partial charge in [-0.25, -0.2) is 0 Å². The molecule has 0 aliphatic rings. The Balaban J connectivity index is 4.09. The number of rotatable bonds is 6. The average molecular weight is 257 g/mol. The molecular formula is C13H27N3O2. The van der Waals surface area contributed by atoms with Crippen molar-refractivity contribution in [2.75, 3.05) is 33.7 Å². The number of amides is 2. The summed E-state index contributed by atoms with van der Waals surface area (Å²) in [5.41, 5.74) is -0.327. The van der Waals surface area contributed by atoms with Crippen LogP contribution in [0.1, 0.15) is 34.1 Å². The van der Waals surface area contributed by atoms with Crippen molar-refractivity contribution >= 4 is 11.8 Å². The molecule has 0 bridgehead atoms. The van der Waals surface area contributed by atoms with Crippen LogP contribution in [0.5, 0.6) is 0 Å². The zero-order valence-electron chi connectivity index (χ0n) is 12.5. The Kier molecular flexibility index (Phi) is 6.91. The fraction of sp³-hybridized carbons (Fsp3) is 0.846. The van der Waals surface area contributed by atoms with E-state index >= 15 is 0 Å². The zero-order valence-corrected chi connectivity index (χ0v) is 12.5. The van der Waals surface area contributed by atoms with Gasteiger partial charge in [-0.15, -0.1) is 0 Å². The van der Waals surface area contributed by atoms with Crippen LogP contribution in [0.2, 0.25) is 0 Å². The lowest BCUT2D eigenvalue weighted by Crippen LogP contribution is -2.49. The van der Waals surface area contributed by atoms with Crippen molar-refractivity contribution < 1.29 is 9.59 Å². The Hall–Kier alpha value is -1.10. The van der Waals surface area contributed by atoms with Crippen LogP contribution in [0.25, 0.3) is 0 Å². The first kappa shape index (κ1) is 16.9. The van der Waals surface area contributed by atoms with E-state index in [1.807, 2.05) is 34.9 Å². The fourth-order valence-electron chi connectivity index (χ4n) is 1.64. The molecule has 1 N–H and O–H groups in total. The molecule has 0 spiro atoms. The van der Waals surface area contributed by atoms with Crippen LogP contribution in [0, 0.1) is 0 Å². The lowest BCUT2D eigenvalue weighted by Gasteiger charge is -2.34. The summed E-state index contributed by atoms with van der Waals surface area (Å²) in [6.45, 7) is 8.98. The predicted octanol–water partition coefficient (Wildman–Crippen LogP) is 0.701. The molecule has 5 heteroatoms. The Morgan fingerprint density at radius 1 is 1.17 bits per heavy atom. The first-order chi connectivity index (χ1) is 8.14. The normalized spacial score (nSPS) is 11.5. The molecule has 0 aromatic carbocycles. The molecule has 0 heterocycles. The second-order valence-electron chi connectivity index (χ2n) is 5.78. The molecular weight excluding hydrogens is 230 g/mol. The van der Waals surface area contributed by atoms with Crippen molar-refractivity contribution in [2.45, 2.75) is 39.7 Å². The van der Waals surface area contributed by atoms with Gasteiger partial charge in [0.2, 0.25) is 11.8 Å². The van der Waals surface area contributed by atoms with E-state index in [2.05, 4.69) is 10.2 Å². The molecule has 0 radical (unpaired) electrons. The third kappa shape index (κ3) is 7.27. The van der Waals surface area contributed by atoms with Gasteiger partial charge < -0.3 is 15.1 Å². The molecule has 0 aliphatic heterocycles. The number of carbonyl (C=O) groups is 2. The van der Waals surface area contributed by atoms with Gasteiger partial charge in [0.15, 0.2) is 0 Å². The summed E-state index contributed by atoms with van der Waals surface area (Å²) in [6.07, 6.45) is 0.911. The molecule has 0 atom stereocenters. The number of nitrogens with one attached hydrogen (secondary N) is 1. The standard InChI is InChI=1S/C13H27N3O2/c1-11(17)16(13(2,3)4)10-12(18)14-8-7-9-15(5)6/h7-10H2,1-6H3,(H,14,18). The lowest BCUT2D eigenvalue weighted by atomic mass is 10.1. The van der Waals surface area contributed by atoms with Gasteiger partial charge in [0.1, 0.15) is 6.54 Å². The van der Waals surface area contributed by atoms with Crippen molar-refractivity contribution in [1.29, 1.82) is 0 Å². The van der Waals surface area contributed by atoms with Gasteiger partial charge in [-0.05, 0) is 47.8 Å². The summed E-state index contributed by atoms with van der Waals surface area (Å²) in [7, 11) is 4.00. The highest BCUT2D eigenvalue weighted by Crippen LogP contribution is 2.12. The maximum Gasteiger partial charge on any atom is 0.239 e. The van der Waals surface area contributed by atoms with Crippen molar-refractivity contribution in [3.63, 3.8) is 0 Å². The number of carbonyl (C=O) groups excluding carboxylic acids is 2. The molecule has 0 aromatic heterocycles. The molecule has 0 aromatic rings. The van der Waals surface area contributed by atoms with E-state index in [1.54, 1.807) is 4.90 Å². The van der Waals surface area contributed by atoms with E-state index in [0.29, 0.717) is 6.54 Å². The quantitative estimate of drug-likeness (QED) is 0.713. The number of nitrogens with zero attached hydrogens (tertiary/aromatic N) is 2. The van der Waals surface area contributed by atoms with Gasteiger partial charge in [-0.1, -0.05) is 0 Å². The van der Waals surface area contributed by atoms with Crippen LogP contribution in [0.3, 0.4) is 0 Å². The summed E-state index contributed by atoms with van der Waals surface area (Å²) in [5, 5.41) is 2.84. The Morgan fingerprint density at radius 3 is 2.11 bits per heavy atom. The second kappa shape index (κ2) is 7.36. The smallest absolute Gasteiger partial charge is 0.239 e. The summed E-state index contributed by atoms with van der Waals surface area (Å²) in [6, 6.07) is 0. The van der Waals surface area contributed by atoms with Crippen molar-refractivity contribution in [3.05, 3.63) is 0 Å². The monoisotopic (exact) mass is 257 g/mol. The fourth-order valence-corrected chi connectivity index (χ4v) is 1.64. The summed E-state index contributed by atoms with van der Waals surface area (Å²) < 4.78 is 0. The maximum atomic E-state index is 11.7. The SMILES string of the molecule is CC(=O)N(CC(=O)NCCCN(C)C)C(C)(C)C. The molecule has 0 saturated carbocycles. The highest BCUT2D eigenvalue weighted by Gasteiger charge is 2.25. The average Bonchev–Trinajstić information content (AvgIpc) is 2.18. The van der Waals surface area contributed by atoms with E-state index < -0.39 is 0 Å². The number of hydrogen-bond acceptors (Lipinski definition) is 3. The highest BCUT2D eigenvalue weighted by atomic mass is 16.2. The van der Waals surface area contributed by atoms with Crippen LogP contribution >= 0.6 is 0 Å². The van der Waals surface area contributed by atoms with Gasteiger partial charge in [0, 0.05) is 19.0 Å². The second-order valence-corrected chi connectivity index (χ2v) is 5.78. The van der Waals surface area contributed by atoms with Crippen LogP contribution in [0.4, 0.5) is 0 Å². The minimum atomic E-state index is -0.327. The van der Waals surface area contributed by atoms with E-state index in [1.165, 1.54) is 6.92 Å². The zero-order chi connectivity index (χ0) is 14.3. The molecule has 0 unspecified atom stereocenters. The van der Waals surface area contributed by atoms with Crippen LogP contribution < -0.4 is 5.32 Å². The molecule has 18 heavy (non-hydrogen) atoms. The molecule has 0 aliphatic carbocycles. The summed E-state index contributed by atoms with van der Waals surface area (Å²) in [4.78, 5) is 26.9. The first-order valence-electron chi connectivity index (χ1n) is 6.34. The number of hydrogen-bond donors (Lipinski definition) is 1. The topological polar surface area (TPSA) is 52.7 Å². The third-order valence-electron chi connectivity index (χ3n) is 2.60. The molecule has 0 rings (SSSR count). The van der Waals surface area contributed by atoms with E-state index in [4.69, 9.17) is 0 Å². The van der Waals surface area contributed by atoms with Crippen molar-refractivity contribution in [2.24, 2.45) is 0 Å². The molecule has 5 nitrogen and oxygen atoms in total. The van der Waals surface area contributed by atoms with E-state index in [0.717, 1.165) is 13.0 Å². The van der Waals surface area contributed by atoms with Crippen molar-refractivity contribution in [1.82, 2.24) is 15.1 Å². The van der Waals surface area contributed by atoms with Gasteiger partial charge in [-0.3, -0.25) is 9.59 Å². The first-order valence-corrected chi connectivity index (χ1v) is 6.34. The Bertz CT molecular complexity index is 282. The summed E-state index contributed by atoms with van der Waals surface area (Å²) >= 11 is 0.